The van der Waals surface area contributed by atoms with Crippen LogP contribution in [0.15, 0.2) is 18.2 Å². The number of ether oxygens (including phenoxy) is 1. The first-order valence-corrected chi connectivity index (χ1v) is 4.44. The molecule has 1 aromatic carbocycles. The smallest absolute Gasteiger partial charge is 0.280 e. The van der Waals surface area contributed by atoms with E-state index >= 15 is 0 Å². The molecule has 0 aliphatic heterocycles. The third-order valence-electron chi connectivity index (χ3n) is 2.02. The van der Waals surface area contributed by atoms with Gasteiger partial charge in [-0.05, 0) is 18.7 Å². The molecule has 84 valence electrons. The summed E-state index contributed by atoms with van der Waals surface area (Å²) in [5.41, 5.74) is 4.33. The minimum absolute atomic E-state index is 0.159. The van der Waals surface area contributed by atoms with Crippen molar-refractivity contribution in [3.63, 3.8) is 0 Å². The van der Waals surface area contributed by atoms with Gasteiger partial charge in [0, 0.05) is 6.42 Å². The third kappa shape index (κ3) is 2.41. The molecule has 0 atom stereocenters. The summed E-state index contributed by atoms with van der Waals surface area (Å²) in [6.07, 6.45) is -0.607. The molecule has 0 spiro atoms. The maximum Gasteiger partial charge on any atom is 0.280 e. The van der Waals surface area contributed by atoms with E-state index in [9.17, 15) is 13.2 Å². The highest BCUT2D eigenvalue weighted by Crippen LogP contribution is 2.38. The Kier molecular flexibility index (Phi) is 3.57. The molecule has 5 heteroatoms. The number of halogens is 3. The standard InChI is InChI=1S/C10H12F3NO/c1-15-8-4-2-3-7(11)9(8)10(12,13)5-6-14/h2-4H,5-6,14H2,1H3. The minimum atomic E-state index is -3.30. The van der Waals surface area contributed by atoms with Crippen LogP contribution in [0.2, 0.25) is 0 Å². The maximum absolute atomic E-state index is 13.5. The van der Waals surface area contributed by atoms with Crippen LogP contribution in [0.3, 0.4) is 0 Å². The van der Waals surface area contributed by atoms with Crippen LogP contribution in [0.25, 0.3) is 0 Å². The zero-order valence-corrected chi connectivity index (χ0v) is 8.27. The largest absolute Gasteiger partial charge is 0.496 e. The van der Waals surface area contributed by atoms with Gasteiger partial charge in [-0.3, -0.25) is 0 Å². The molecular weight excluding hydrogens is 207 g/mol. The first-order valence-electron chi connectivity index (χ1n) is 4.44. The quantitative estimate of drug-likeness (QED) is 0.843. The van der Waals surface area contributed by atoms with Crippen molar-refractivity contribution in [2.45, 2.75) is 12.3 Å². The number of hydrogen-bond donors (Lipinski definition) is 1. The number of methoxy groups -OCH3 is 1. The molecule has 0 radical (unpaired) electrons. The molecule has 0 saturated carbocycles. The summed E-state index contributed by atoms with van der Waals surface area (Å²) in [6.45, 7) is -0.218. The number of rotatable bonds is 4. The second-order valence-electron chi connectivity index (χ2n) is 3.06. The van der Waals surface area contributed by atoms with Crippen molar-refractivity contribution in [2.24, 2.45) is 5.73 Å². The molecule has 0 heterocycles. The fourth-order valence-corrected chi connectivity index (χ4v) is 1.34. The van der Waals surface area contributed by atoms with Crippen LogP contribution in [0.4, 0.5) is 13.2 Å². The second-order valence-corrected chi connectivity index (χ2v) is 3.06. The predicted octanol–water partition coefficient (Wildman–Crippen LogP) is 2.27. The number of alkyl halides is 2. The number of nitrogens with two attached hydrogens (primary N) is 1. The lowest BCUT2D eigenvalue weighted by Crippen LogP contribution is -2.21. The van der Waals surface area contributed by atoms with Gasteiger partial charge in [-0.15, -0.1) is 0 Å². The first kappa shape index (κ1) is 11.8. The molecule has 0 saturated heterocycles. The highest BCUT2D eigenvalue weighted by atomic mass is 19.3. The van der Waals surface area contributed by atoms with Gasteiger partial charge in [-0.2, -0.15) is 0 Å². The zero-order valence-electron chi connectivity index (χ0n) is 8.27. The van der Waals surface area contributed by atoms with Crippen LogP contribution in [0.1, 0.15) is 12.0 Å². The van der Waals surface area contributed by atoms with Crippen molar-refractivity contribution in [2.75, 3.05) is 13.7 Å². The Bertz CT molecular complexity index is 341. The Hall–Kier alpha value is -1.23. The van der Waals surface area contributed by atoms with E-state index in [-0.39, 0.29) is 12.3 Å². The zero-order chi connectivity index (χ0) is 11.5. The molecule has 1 aromatic rings. The summed E-state index contributed by atoms with van der Waals surface area (Å²) in [6, 6.07) is 3.58. The van der Waals surface area contributed by atoms with Gasteiger partial charge in [-0.25, -0.2) is 13.2 Å². The Balaban J connectivity index is 3.21. The molecule has 0 unspecified atom stereocenters. The molecular formula is C10H12F3NO. The molecule has 0 amide bonds. The Labute approximate surface area is 85.8 Å². The molecule has 0 bridgehead atoms. The first-order chi connectivity index (χ1) is 7.03. The number of benzene rings is 1. The summed E-state index contributed by atoms with van der Waals surface area (Å²) in [7, 11) is 1.22. The second kappa shape index (κ2) is 4.53. The maximum atomic E-state index is 13.5. The van der Waals surface area contributed by atoms with Crippen LogP contribution in [-0.4, -0.2) is 13.7 Å². The van der Waals surface area contributed by atoms with Crippen molar-refractivity contribution < 1.29 is 17.9 Å². The van der Waals surface area contributed by atoms with E-state index in [4.69, 9.17) is 10.5 Å². The Morgan fingerprint density at radius 3 is 2.60 bits per heavy atom. The third-order valence-corrected chi connectivity index (χ3v) is 2.02. The van der Waals surface area contributed by atoms with Gasteiger partial charge in [0.2, 0.25) is 0 Å². The van der Waals surface area contributed by atoms with Gasteiger partial charge < -0.3 is 10.5 Å². The van der Waals surface area contributed by atoms with E-state index in [1.807, 2.05) is 0 Å². The van der Waals surface area contributed by atoms with E-state index in [0.29, 0.717) is 0 Å². The molecule has 0 aromatic heterocycles. The summed E-state index contributed by atoms with van der Waals surface area (Å²) in [5.74, 6) is -4.44. The summed E-state index contributed by atoms with van der Waals surface area (Å²) in [5, 5.41) is 0. The van der Waals surface area contributed by atoms with Crippen LogP contribution < -0.4 is 10.5 Å². The lowest BCUT2D eigenvalue weighted by molar-refractivity contribution is -0.0162. The fraction of sp³-hybridized carbons (Fsp3) is 0.400. The van der Waals surface area contributed by atoms with E-state index in [2.05, 4.69) is 0 Å². The van der Waals surface area contributed by atoms with E-state index in [1.165, 1.54) is 19.2 Å². The highest BCUT2D eigenvalue weighted by Gasteiger charge is 2.36. The molecule has 15 heavy (non-hydrogen) atoms. The Morgan fingerprint density at radius 2 is 2.07 bits per heavy atom. The fourth-order valence-electron chi connectivity index (χ4n) is 1.34. The van der Waals surface area contributed by atoms with E-state index < -0.39 is 23.7 Å². The van der Waals surface area contributed by atoms with Crippen molar-refractivity contribution in [3.05, 3.63) is 29.6 Å². The monoisotopic (exact) mass is 219 g/mol. The lowest BCUT2D eigenvalue weighted by atomic mass is 10.0. The van der Waals surface area contributed by atoms with Crippen LogP contribution in [0.5, 0.6) is 5.75 Å². The van der Waals surface area contributed by atoms with Gasteiger partial charge >= 0.3 is 0 Å². The SMILES string of the molecule is COc1cccc(F)c1C(F)(F)CCN. The Morgan fingerprint density at radius 1 is 1.40 bits per heavy atom. The van der Waals surface area contributed by atoms with Gasteiger partial charge in [0.15, 0.2) is 0 Å². The topological polar surface area (TPSA) is 35.2 Å². The van der Waals surface area contributed by atoms with Gasteiger partial charge in [-0.1, -0.05) is 6.07 Å². The van der Waals surface area contributed by atoms with Crippen molar-refractivity contribution in [3.8, 4) is 5.75 Å². The van der Waals surface area contributed by atoms with Crippen molar-refractivity contribution >= 4 is 0 Å². The average molecular weight is 219 g/mol. The van der Waals surface area contributed by atoms with Crippen molar-refractivity contribution in [1.82, 2.24) is 0 Å². The van der Waals surface area contributed by atoms with E-state index in [1.54, 1.807) is 0 Å². The minimum Gasteiger partial charge on any atom is -0.496 e. The molecule has 2 nitrogen and oxygen atoms in total. The molecule has 0 aliphatic carbocycles. The van der Waals surface area contributed by atoms with Gasteiger partial charge in [0.1, 0.15) is 11.6 Å². The summed E-state index contributed by atoms with van der Waals surface area (Å²) >= 11 is 0. The predicted molar refractivity (Wildman–Crippen MR) is 50.5 cm³/mol. The van der Waals surface area contributed by atoms with Crippen molar-refractivity contribution in [1.29, 1.82) is 0 Å². The molecule has 1 rings (SSSR count). The van der Waals surface area contributed by atoms with Crippen LogP contribution >= 0.6 is 0 Å². The average Bonchev–Trinajstić information content (AvgIpc) is 2.16. The summed E-state index contributed by atoms with van der Waals surface area (Å²) < 4.78 is 44.9. The van der Waals surface area contributed by atoms with Gasteiger partial charge in [0.05, 0.1) is 12.7 Å². The molecule has 2 N–H and O–H groups in total. The highest BCUT2D eigenvalue weighted by molar-refractivity contribution is 5.38. The van der Waals surface area contributed by atoms with E-state index in [0.717, 1.165) is 6.07 Å². The van der Waals surface area contributed by atoms with Gasteiger partial charge in [0.25, 0.3) is 5.92 Å². The lowest BCUT2D eigenvalue weighted by Gasteiger charge is -2.19. The summed E-state index contributed by atoms with van der Waals surface area (Å²) in [4.78, 5) is 0. The van der Waals surface area contributed by atoms with Crippen LogP contribution in [-0.2, 0) is 5.92 Å². The molecule has 0 aliphatic rings. The van der Waals surface area contributed by atoms with Crippen LogP contribution in [0, 0.1) is 5.82 Å². The molecule has 0 fully saturated rings. The normalized spacial score (nSPS) is 11.5. The number of hydrogen-bond acceptors (Lipinski definition) is 2.